The van der Waals surface area contributed by atoms with Gasteiger partial charge in [-0.1, -0.05) is 84.8 Å². The fraction of sp³-hybridized carbons (Fsp3) is 0.548. The largest absolute Gasteiger partial charge is 0.239 e. The second-order valence-electron chi connectivity index (χ2n) is 10.0. The highest BCUT2D eigenvalue weighted by Crippen LogP contribution is 2.49. The summed E-state index contributed by atoms with van der Waals surface area (Å²) in [5.41, 5.74) is 4.88. The maximum atomic E-state index is 5.35. The highest BCUT2D eigenvalue weighted by atomic mass is 32.2. The molecule has 2 aliphatic rings. The van der Waals surface area contributed by atoms with Gasteiger partial charge in [-0.2, -0.15) is 0 Å². The summed E-state index contributed by atoms with van der Waals surface area (Å²) in [5.74, 6) is 3.78. The molecule has 0 radical (unpaired) electrons. The molecule has 200 valence electrons. The molecule has 4 heterocycles. The molecule has 6 heteroatoms. The Bertz CT molecular complexity index is 1070. The Kier molecular flexibility index (Phi) is 11.6. The first-order chi connectivity index (χ1) is 18.2. The lowest BCUT2D eigenvalue weighted by molar-refractivity contribution is 0.490. The Hall–Kier alpha value is -1.08. The van der Waals surface area contributed by atoms with Crippen molar-refractivity contribution in [2.45, 2.75) is 85.5 Å². The van der Waals surface area contributed by atoms with Crippen LogP contribution in [0.15, 0.2) is 56.2 Å². The van der Waals surface area contributed by atoms with Crippen LogP contribution in [-0.2, 0) is 0 Å². The lowest BCUT2D eigenvalue weighted by Crippen LogP contribution is -2.08. The van der Waals surface area contributed by atoms with E-state index in [2.05, 4.69) is 62.7 Å². The first-order valence-corrected chi connectivity index (χ1v) is 17.9. The third-order valence-electron chi connectivity index (χ3n) is 7.34. The number of aliphatic imine (C=N–C) groups is 2. The molecule has 2 aromatic heterocycles. The summed E-state index contributed by atoms with van der Waals surface area (Å²) < 4.78 is 0. The van der Waals surface area contributed by atoms with Crippen LogP contribution in [0.3, 0.4) is 0 Å². The molecule has 0 saturated heterocycles. The number of hydrogen-bond acceptors (Lipinski definition) is 6. The van der Waals surface area contributed by atoms with Crippen LogP contribution in [0.4, 0.5) is 0 Å². The van der Waals surface area contributed by atoms with Gasteiger partial charge in [-0.15, -0.1) is 46.2 Å². The van der Waals surface area contributed by atoms with Gasteiger partial charge in [0.2, 0.25) is 0 Å². The molecule has 2 atom stereocenters. The molecule has 2 nitrogen and oxygen atoms in total. The van der Waals surface area contributed by atoms with Gasteiger partial charge in [0, 0.05) is 22.7 Å². The molecule has 0 aromatic carbocycles. The van der Waals surface area contributed by atoms with E-state index in [1.807, 2.05) is 23.5 Å². The standard InChI is InChI=1S/C31H42N2S4/c1-5-9-11-15-23(8-4)21-37-31-27-26(28(33-31)24-16-12-18-34-24)30(32-29(27)25-17-13-19-35-25)36-20-22(7-3)14-10-6-2/h12-13,16-19,22-23H,5-11,14-15,20-21H2,1-4H3. The van der Waals surface area contributed by atoms with Crippen LogP contribution < -0.4 is 0 Å². The minimum absolute atomic E-state index is 0.747. The van der Waals surface area contributed by atoms with Crippen molar-refractivity contribution in [1.29, 1.82) is 0 Å². The molecular formula is C31H42N2S4. The van der Waals surface area contributed by atoms with Crippen molar-refractivity contribution >= 4 is 67.7 Å². The van der Waals surface area contributed by atoms with Crippen molar-refractivity contribution in [2.24, 2.45) is 21.8 Å². The summed E-state index contributed by atoms with van der Waals surface area (Å²) in [6.45, 7) is 9.28. The second kappa shape index (κ2) is 14.9. The van der Waals surface area contributed by atoms with Crippen LogP contribution in [0.5, 0.6) is 0 Å². The Morgan fingerprint density at radius 3 is 1.57 bits per heavy atom. The molecule has 0 saturated carbocycles. The molecular weight excluding hydrogens is 529 g/mol. The van der Waals surface area contributed by atoms with Gasteiger partial charge in [0.1, 0.15) is 10.1 Å². The average molecular weight is 571 g/mol. The van der Waals surface area contributed by atoms with E-state index in [9.17, 15) is 0 Å². The third-order valence-corrected chi connectivity index (χ3v) is 11.5. The van der Waals surface area contributed by atoms with E-state index in [1.54, 1.807) is 22.7 Å². The number of hydrogen-bond donors (Lipinski definition) is 0. The van der Waals surface area contributed by atoms with Gasteiger partial charge in [0.25, 0.3) is 0 Å². The molecule has 0 N–H and O–H groups in total. The van der Waals surface area contributed by atoms with E-state index >= 15 is 0 Å². The minimum Gasteiger partial charge on any atom is -0.239 e. The highest BCUT2D eigenvalue weighted by molar-refractivity contribution is 8.15. The summed E-state index contributed by atoms with van der Waals surface area (Å²) in [7, 11) is 0. The van der Waals surface area contributed by atoms with Gasteiger partial charge >= 0.3 is 0 Å². The van der Waals surface area contributed by atoms with Gasteiger partial charge in [-0.3, -0.25) is 0 Å². The number of unbranched alkanes of at least 4 members (excludes halogenated alkanes) is 3. The summed E-state index contributed by atoms with van der Waals surface area (Å²) in [6.07, 6.45) is 11.7. The Balaban J connectivity index is 1.63. The third kappa shape index (κ3) is 7.32. The lowest BCUT2D eigenvalue weighted by atomic mass is 10.0. The normalized spacial score (nSPS) is 16.9. The van der Waals surface area contributed by atoms with Crippen LogP contribution in [0.2, 0.25) is 0 Å². The van der Waals surface area contributed by atoms with Crippen molar-refractivity contribution in [1.82, 2.24) is 0 Å². The Morgan fingerprint density at radius 2 is 1.16 bits per heavy atom. The summed E-state index contributed by atoms with van der Waals surface area (Å²) in [4.78, 5) is 13.2. The van der Waals surface area contributed by atoms with Gasteiger partial charge in [0.15, 0.2) is 0 Å². The molecule has 2 unspecified atom stereocenters. The van der Waals surface area contributed by atoms with Gasteiger partial charge in [-0.05, 0) is 47.6 Å². The van der Waals surface area contributed by atoms with E-state index in [0.717, 1.165) is 34.7 Å². The number of rotatable bonds is 15. The number of thioether (sulfide) groups is 2. The average Bonchev–Trinajstić information content (AvgIpc) is 3.72. The number of thiophene rings is 2. The molecule has 2 aromatic rings. The number of nitrogens with zero attached hydrogens (tertiary/aromatic N) is 2. The van der Waals surface area contributed by atoms with Crippen molar-refractivity contribution in [3.8, 4) is 0 Å². The Morgan fingerprint density at radius 1 is 0.676 bits per heavy atom. The fourth-order valence-electron chi connectivity index (χ4n) is 4.85. The van der Waals surface area contributed by atoms with Crippen LogP contribution in [0.25, 0.3) is 11.4 Å². The van der Waals surface area contributed by atoms with Crippen LogP contribution in [0.1, 0.15) is 95.2 Å². The van der Waals surface area contributed by atoms with Gasteiger partial charge in [-0.25, -0.2) is 9.98 Å². The van der Waals surface area contributed by atoms with Gasteiger partial charge in [0.05, 0.1) is 21.1 Å². The van der Waals surface area contributed by atoms with Crippen molar-refractivity contribution in [3.63, 3.8) is 0 Å². The molecule has 0 amide bonds. The van der Waals surface area contributed by atoms with Crippen LogP contribution in [-0.4, -0.2) is 21.6 Å². The fourth-order valence-corrected chi connectivity index (χ4v) is 8.88. The predicted molar refractivity (Wildman–Crippen MR) is 173 cm³/mol. The van der Waals surface area contributed by atoms with Gasteiger partial charge < -0.3 is 0 Å². The van der Waals surface area contributed by atoms with E-state index < -0.39 is 0 Å². The molecule has 0 fully saturated rings. The zero-order valence-electron chi connectivity index (χ0n) is 22.9. The summed E-state index contributed by atoms with van der Waals surface area (Å²) in [6, 6.07) is 8.75. The van der Waals surface area contributed by atoms with Crippen molar-refractivity contribution in [2.75, 3.05) is 11.5 Å². The van der Waals surface area contributed by atoms with Crippen LogP contribution >= 0.6 is 46.2 Å². The highest BCUT2D eigenvalue weighted by Gasteiger charge is 2.37. The van der Waals surface area contributed by atoms with E-state index in [0.29, 0.717) is 0 Å². The van der Waals surface area contributed by atoms with Crippen molar-refractivity contribution in [3.05, 3.63) is 55.9 Å². The van der Waals surface area contributed by atoms with Crippen LogP contribution in [0, 0.1) is 11.8 Å². The smallest absolute Gasteiger partial charge is 0.107 e. The lowest BCUT2D eigenvalue weighted by Gasteiger charge is -2.15. The van der Waals surface area contributed by atoms with E-state index in [1.165, 1.54) is 88.8 Å². The van der Waals surface area contributed by atoms with Crippen molar-refractivity contribution < 1.29 is 0 Å². The SMILES string of the molecule is CCCCCC(CC)CSC1=NC(c2cccs2)=C2C(SCC(CC)CCCC)=NC(c3cccs3)=C12. The summed E-state index contributed by atoms with van der Waals surface area (Å²) in [5, 5.41) is 6.72. The first kappa shape index (κ1) is 28.9. The molecule has 0 bridgehead atoms. The molecule has 0 spiro atoms. The maximum Gasteiger partial charge on any atom is 0.107 e. The monoisotopic (exact) mass is 570 g/mol. The minimum atomic E-state index is 0.747. The predicted octanol–water partition coefficient (Wildman–Crippen LogP) is 11.0. The van der Waals surface area contributed by atoms with E-state index in [4.69, 9.17) is 9.98 Å². The summed E-state index contributed by atoms with van der Waals surface area (Å²) >= 11 is 7.53. The Labute approximate surface area is 241 Å². The zero-order valence-corrected chi connectivity index (χ0v) is 26.2. The second-order valence-corrected chi connectivity index (χ2v) is 14.0. The topological polar surface area (TPSA) is 24.7 Å². The molecule has 4 rings (SSSR count). The maximum absolute atomic E-state index is 5.35. The quantitative estimate of drug-likeness (QED) is 0.199. The molecule has 37 heavy (non-hydrogen) atoms. The van der Waals surface area contributed by atoms with E-state index in [-0.39, 0.29) is 0 Å². The zero-order chi connectivity index (χ0) is 26.0. The number of fused-ring (bicyclic) bond motifs is 1. The molecule has 0 aliphatic carbocycles. The molecule has 2 aliphatic heterocycles. The first-order valence-electron chi connectivity index (χ1n) is 14.2.